The van der Waals surface area contributed by atoms with Crippen LogP contribution in [-0.4, -0.2) is 11.7 Å². The minimum atomic E-state index is -0.426. The molecule has 0 unspecified atom stereocenters. The summed E-state index contributed by atoms with van der Waals surface area (Å²) in [6, 6.07) is 6.26. The molecule has 0 amide bonds. The Kier molecular flexibility index (Phi) is 3.29. The number of nitrogens with two attached hydrogens (primary N) is 1. The third-order valence-electron chi connectivity index (χ3n) is 2.64. The van der Waals surface area contributed by atoms with Gasteiger partial charge in [-0.05, 0) is 38.3 Å². The maximum Gasteiger partial charge on any atom is 0.0451 e. The molecule has 2 heteroatoms. The van der Waals surface area contributed by atoms with Gasteiger partial charge < -0.3 is 10.8 Å². The topological polar surface area (TPSA) is 46.2 Å². The van der Waals surface area contributed by atoms with E-state index in [0.717, 1.165) is 5.56 Å². The molecular formula is C12H19NO. The van der Waals surface area contributed by atoms with Crippen molar-refractivity contribution in [3.05, 3.63) is 34.9 Å². The van der Waals surface area contributed by atoms with Crippen molar-refractivity contribution < 1.29 is 5.11 Å². The van der Waals surface area contributed by atoms with Crippen LogP contribution in [0.15, 0.2) is 18.2 Å². The van der Waals surface area contributed by atoms with Gasteiger partial charge in [-0.3, -0.25) is 0 Å². The fraction of sp³-hybridized carbons (Fsp3) is 0.500. The highest BCUT2D eigenvalue weighted by Gasteiger charge is 2.22. The van der Waals surface area contributed by atoms with E-state index < -0.39 is 5.54 Å². The number of benzene rings is 1. The van der Waals surface area contributed by atoms with Gasteiger partial charge in [0.05, 0.1) is 0 Å². The molecule has 0 bridgehead atoms. The first-order valence-corrected chi connectivity index (χ1v) is 4.95. The molecule has 0 spiro atoms. The Hall–Kier alpha value is -0.860. The third kappa shape index (κ3) is 2.34. The maximum absolute atomic E-state index is 8.94. The highest BCUT2D eigenvalue weighted by Crippen LogP contribution is 2.25. The van der Waals surface area contributed by atoms with Gasteiger partial charge >= 0.3 is 0 Å². The predicted octanol–water partition coefficient (Wildman–Crippen LogP) is 1.86. The number of aliphatic hydroxyl groups is 1. The third-order valence-corrected chi connectivity index (χ3v) is 2.64. The van der Waals surface area contributed by atoms with Crippen molar-refractivity contribution >= 4 is 0 Å². The van der Waals surface area contributed by atoms with E-state index >= 15 is 0 Å². The lowest BCUT2D eigenvalue weighted by atomic mass is 9.86. The molecule has 78 valence electrons. The van der Waals surface area contributed by atoms with E-state index in [4.69, 9.17) is 10.8 Å². The van der Waals surface area contributed by atoms with Gasteiger partial charge in [-0.25, -0.2) is 0 Å². The second kappa shape index (κ2) is 4.11. The molecule has 1 aromatic carbocycles. The van der Waals surface area contributed by atoms with Crippen LogP contribution in [0.5, 0.6) is 0 Å². The van der Waals surface area contributed by atoms with Crippen LogP contribution in [-0.2, 0) is 5.54 Å². The van der Waals surface area contributed by atoms with Gasteiger partial charge in [0, 0.05) is 12.1 Å². The Bertz CT molecular complexity index is 318. The summed E-state index contributed by atoms with van der Waals surface area (Å²) < 4.78 is 0. The Morgan fingerprint density at radius 3 is 2.57 bits per heavy atom. The van der Waals surface area contributed by atoms with Gasteiger partial charge in [-0.15, -0.1) is 0 Å². The Labute approximate surface area is 85.8 Å². The monoisotopic (exact) mass is 193 g/mol. The van der Waals surface area contributed by atoms with E-state index in [9.17, 15) is 0 Å². The normalized spacial score (nSPS) is 15.2. The molecule has 0 fully saturated rings. The van der Waals surface area contributed by atoms with Crippen LogP contribution in [0.2, 0.25) is 0 Å². The van der Waals surface area contributed by atoms with Crippen molar-refractivity contribution in [1.82, 2.24) is 0 Å². The molecule has 0 radical (unpaired) electrons. The Morgan fingerprint density at radius 1 is 1.36 bits per heavy atom. The molecule has 0 aliphatic heterocycles. The zero-order chi connectivity index (χ0) is 10.8. The van der Waals surface area contributed by atoms with E-state index in [-0.39, 0.29) is 6.61 Å². The van der Waals surface area contributed by atoms with Gasteiger partial charge in [0.2, 0.25) is 0 Å². The summed E-state index contributed by atoms with van der Waals surface area (Å²) in [5.74, 6) is 0. The average Bonchev–Trinajstić information content (AvgIpc) is 2.09. The lowest BCUT2D eigenvalue weighted by molar-refractivity contribution is 0.247. The van der Waals surface area contributed by atoms with Crippen molar-refractivity contribution in [3.63, 3.8) is 0 Å². The molecular weight excluding hydrogens is 174 g/mol. The minimum absolute atomic E-state index is 0.125. The fourth-order valence-electron chi connectivity index (χ4n) is 1.72. The molecule has 1 atom stereocenters. The van der Waals surface area contributed by atoms with Crippen LogP contribution in [0.4, 0.5) is 0 Å². The fourth-order valence-corrected chi connectivity index (χ4v) is 1.72. The van der Waals surface area contributed by atoms with Crippen molar-refractivity contribution in [2.75, 3.05) is 6.61 Å². The standard InChI is InChI=1S/C12H19NO/c1-9-4-5-10(2)11(8-9)12(3,13)6-7-14/h4-5,8,14H,6-7,13H2,1-3H3/t12-/m0/s1. The molecule has 0 saturated heterocycles. The van der Waals surface area contributed by atoms with Crippen molar-refractivity contribution in [2.24, 2.45) is 5.73 Å². The first-order valence-electron chi connectivity index (χ1n) is 4.95. The molecule has 0 aromatic heterocycles. The quantitative estimate of drug-likeness (QED) is 0.769. The summed E-state index contributed by atoms with van der Waals surface area (Å²) in [5, 5.41) is 8.94. The second-order valence-electron chi connectivity index (χ2n) is 4.21. The Balaban J connectivity index is 3.10. The molecule has 14 heavy (non-hydrogen) atoms. The van der Waals surface area contributed by atoms with Crippen molar-refractivity contribution in [1.29, 1.82) is 0 Å². The summed E-state index contributed by atoms with van der Waals surface area (Å²) in [5.41, 5.74) is 9.26. The minimum Gasteiger partial charge on any atom is -0.396 e. The van der Waals surface area contributed by atoms with Crippen LogP contribution in [0, 0.1) is 13.8 Å². The average molecular weight is 193 g/mol. The number of rotatable bonds is 3. The number of hydrogen-bond acceptors (Lipinski definition) is 2. The van der Waals surface area contributed by atoms with E-state index in [1.807, 2.05) is 6.92 Å². The number of hydrogen-bond donors (Lipinski definition) is 2. The van der Waals surface area contributed by atoms with Gasteiger partial charge in [-0.1, -0.05) is 23.8 Å². The molecule has 0 saturated carbocycles. The molecule has 1 rings (SSSR count). The van der Waals surface area contributed by atoms with Crippen molar-refractivity contribution in [3.8, 4) is 0 Å². The van der Waals surface area contributed by atoms with Gasteiger partial charge in [-0.2, -0.15) is 0 Å². The first kappa shape index (κ1) is 11.2. The lowest BCUT2D eigenvalue weighted by Crippen LogP contribution is -2.34. The smallest absolute Gasteiger partial charge is 0.0451 e. The predicted molar refractivity (Wildman–Crippen MR) is 59.2 cm³/mol. The van der Waals surface area contributed by atoms with Gasteiger partial charge in [0.1, 0.15) is 0 Å². The zero-order valence-corrected chi connectivity index (χ0v) is 9.17. The largest absolute Gasteiger partial charge is 0.396 e. The number of aryl methyl sites for hydroxylation is 2. The molecule has 0 heterocycles. The summed E-state index contributed by atoms with van der Waals surface area (Å²) in [6.07, 6.45) is 0.595. The van der Waals surface area contributed by atoms with Crippen LogP contribution < -0.4 is 5.73 Å². The second-order valence-corrected chi connectivity index (χ2v) is 4.21. The van der Waals surface area contributed by atoms with Gasteiger partial charge in [0.25, 0.3) is 0 Å². The van der Waals surface area contributed by atoms with E-state index in [1.165, 1.54) is 11.1 Å². The Morgan fingerprint density at radius 2 is 2.00 bits per heavy atom. The molecule has 0 aliphatic carbocycles. The SMILES string of the molecule is Cc1ccc(C)c([C@@](C)(N)CCO)c1. The summed E-state index contributed by atoms with van der Waals surface area (Å²) in [4.78, 5) is 0. The molecule has 3 N–H and O–H groups in total. The molecule has 0 aliphatic rings. The summed E-state index contributed by atoms with van der Waals surface area (Å²) in [6.45, 7) is 6.20. The molecule has 1 aromatic rings. The van der Waals surface area contributed by atoms with Crippen LogP contribution in [0.25, 0.3) is 0 Å². The highest BCUT2D eigenvalue weighted by atomic mass is 16.3. The van der Waals surface area contributed by atoms with Crippen LogP contribution in [0.3, 0.4) is 0 Å². The van der Waals surface area contributed by atoms with Crippen molar-refractivity contribution in [2.45, 2.75) is 32.7 Å². The number of aliphatic hydroxyl groups excluding tert-OH is 1. The highest BCUT2D eigenvalue weighted by molar-refractivity contribution is 5.35. The first-order chi connectivity index (χ1) is 6.47. The van der Waals surface area contributed by atoms with Gasteiger partial charge in [0.15, 0.2) is 0 Å². The van der Waals surface area contributed by atoms with E-state index in [2.05, 4.69) is 32.0 Å². The summed E-state index contributed by atoms with van der Waals surface area (Å²) >= 11 is 0. The van der Waals surface area contributed by atoms with Crippen LogP contribution in [0.1, 0.15) is 30.0 Å². The van der Waals surface area contributed by atoms with Crippen LogP contribution >= 0.6 is 0 Å². The van der Waals surface area contributed by atoms with E-state index in [1.54, 1.807) is 0 Å². The van der Waals surface area contributed by atoms with E-state index in [0.29, 0.717) is 6.42 Å². The maximum atomic E-state index is 8.94. The summed E-state index contributed by atoms with van der Waals surface area (Å²) in [7, 11) is 0. The lowest BCUT2D eigenvalue weighted by Gasteiger charge is -2.26. The molecule has 2 nitrogen and oxygen atoms in total. The zero-order valence-electron chi connectivity index (χ0n) is 9.17.